The number of rotatable bonds is 11. The van der Waals surface area contributed by atoms with Crippen LogP contribution in [0.5, 0.6) is 0 Å². The fourth-order valence-electron chi connectivity index (χ4n) is 3.51. The summed E-state index contributed by atoms with van der Waals surface area (Å²) < 4.78 is 0. The molecule has 0 aromatic rings. The van der Waals surface area contributed by atoms with E-state index in [0.29, 0.717) is 18.1 Å². The first kappa shape index (κ1) is 36.4. The number of hydrogen-bond donors (Lipinski definition) is 0. The maximum Gasteiger partial charge on any atom is 0.162 e. The molecule has 0 bridgehead atoms. The average Bonchev–Trinajstić information content (AvgIpc) is 2.86. The summed E-state index contributed by atoms with van der Waals surface area (Å²) >= 11 is 0. The summed E-state index contributed by atoms with van der Waals surface area (Å²) in [6, 6.07) is 0. The molecule has 1 fully saturated rings. The lowest BCUT2D eigenvalue weighted by atomic mass is 9.78. The molecule has 3 nitrogen and oxygen atoms in total. The first-order valence-corrected chi connectivity index (χ1v) is 13.1. The maximum atomic E-state index is 12.3. The molecule has 0 N–H and O–H groups in total. The van der Waals surface area contributed by atoms with Gasteiger partial charge in [0.05, 0.1) is 0 Å². The maximum absolute atomic E-state index is 12.3. The van der Waals surface area contributed by atoms with E-state index >= 15 is 0 Å². The Morgan fingerprint density at radius 3 is 1.79 bits per heavy atom. The monoisotopic (exact) mass is 471 g/mol. The van der Waals surface area contributed by atoms with Crippen LogP contribution in [0.2, 0.25) is 0 Å². The molecule has 1 rings (SSSR count). The van der Waals surface area contributed by atoms with E-state index in [-0.39, 0.29) is 11.7 Å². The minimum absolute atomic E-state index is 0.212. The molecular weight excluding hydrogens is 418 g/mol. The zero-order valence-electron chi connectivity index (χ0n) is 23.4. The van der Waals surface area contributed by atoms with Crippen LogP contribution >= 0.6 is 0 Å². The van der Waals surface area contributed by atoms with Crippen LogP contribution in [0.15, 0.2) is 40.9 Å². The largest absolute Gasteiger partial charge is 0.301 e. The van der Waals surface area contributed by atoms with Crippen molar-refractivity contribution in [2.45, 2.75) is 112 Å². The highest BCUT2D eigenvalue weighted by molar-refractivity contribution is 5.98. The van der Waals surface area contributed by atoms with Crippen molar-refractivity contribution >= 4 is 17.8 Å². The van der Waals surface area contributed by atoms with Crippen LogP contribution in [0.1, 0.15) is 112 Å². The van der Waals surface area contributed by atoms with Gasteiger partial charge in [0, 0.05) is 25.0 Å². The highest BCUT2D eigenvalue weighted by atomic mass is 16.1. The highest BCUT2D eigenvalue weighted by Gasteiger charge is 2.25. The Morgan fingerprint density at radius 1 is 0.941 bits per heavy atom. The second-order valence-electron chi connectivity index (χ2n) is 8.62. The van der Waals surface area contributed by atoms with Gasteiger partial charge in [0.2, 0.25) is 0 Å². The van der Waals surface area contributed by atoms with Crippen LogP contribution in [0.25, 0.3) is 0 Å². The topological polar surface area (TPSA) is 46.5 Å². The molecule has 0 aromatic carbocycles. The van der Waals surface area contributed by atoms with Gasteiger partial charge in [0.25, 0.3) is 0 Å². The number of nitrogens with zero attached hydrogens (tertiary/aromatic N) is 1. The number of carbonyl (C=O) groups excluding carboxylic acids is 2. The predicted molar refractivity (Wildman–Crippen MR) is 152 cm³/mol. The first-order valence-electron chi connectivity index (χ1n) is 13.1. The minimum Gasteiger partial charge on any atom is -0.301 e. The molecule has 1 aliphatic rings. The van der Waals surface area contributed by atoms with Gasteiger partial charge in [-0.15, -0.1) is 12.8 Å². The number of carbonyl (C=O) groups is 2. The summed E-state index contributed by atoms with van der Waals surface area (Å²) in [6.45, 7) is 15.9. The van der Waals surface area contributed by atoms with Gasteiger partial charge in [0.1, 0.15) is 5.78 Å². The Labute approximate surface area is 212 Å². The lowest BCUT2D eigenvalue weighted by Crippen LogP contribution is -2.21. The lowest BCUT2D eigenvalue weighted by Gasteiger charge is -2.26. The van der Waals surface area contributed by atoms with E-state index < -0.39 is 0 Å². The van der Waals surface area contributed by atoms with Crippen molar-refractivity contribution < 1.29 is 9.59 Å². The Bertz CT molecular complexity index is 621. The SMILES string of the molecule is C#C.C=C(/C=C\C(=C/C)C(=O)CC1CCC(C(C)=O)CC1)CC.CC=NC.CCCCCCC. The minimum atomic E-state index is 0.212. The molecule has 0 radical (unpaired) electrons. The lowest BCUT2D eigenvalue weighted by molar-refractivity contribution is -0.122. The van der Waals surface area contributed by atoms with Crippen LogP contribution in [-0.2, 0) is 9.59 Å². The molecule has 0 atom stereocenters. The fraction of sp³-hybridized carbons (Fsp3) is 0.645. The van der Waals surface area contributed by atoms with Gasteiger partial charge in [-0.05, 0) is 65.0 Å². The third-order valence-corrected chi connectivity index (χ3v) is 5.95. The number of aliphatic imine (C=N–C) groups is 1. The van der Waals surface area contributed by atoms with E-state index in [2.05, 4.69) is 45.2 Å². The van der Waals surface area contributed by atoms with Gasteiger partial charge >= 0.3 is 0 Å². The van der Waals surface area contributed by atoms with Gasteiger partial charge in [-0.1, -0.05) is 83.3 Å². The van der Waals surface area contributed by atoms with Crippen molar-refractivity contribution in [1.82, 2.24) is 0 Å². The van der Waals surface area contributed by atoms with Crippen molar-refractivity contribution in [2.24, 2.45) is 16.8 Å². The number of ketones is 2. The van der Waals surface area contributed by atoms with Gasteiger partial charge < -0.3 is 4.99 Å². The summed E-state index contributed by atoms with van der Waals surface area (Å²) in [5, 5.41) is 0. The van der Waals surface area contributed by atoms with Crippen molar-refractivity contribution in [2.75, 3.05) is 7.05 Å². The summed E-state index contributed by atoms with van der Waals surface area (Å²) in [5.41, 5.74) is 1.81. The molecule has 0 amide bonds. The third-order valence-electron chi connectivity index (χ3n) is 5.95. The molecule has 34 heavy (non-hydrogen) atoms. The first-order chi connectivity index (χ1) is 16.3. The quantitative estimate of drug-likeness (QED) is 0.0994. The molecule has 0 aromatic heterocycles. The molecule has 0 saturated heterocycles. The van der Waals surface area contributed by atoms with Gasteiger partial charge in [0.15, 0.2) is 5.78 Å². The van der Waals surface area contributed by atoms with Gasteiger partial charge in [-0.25, -0.2) is 0 Å². The van der Waals surface area contributed by atoms with E-state index in [1.807, 2.05) is 32.1 Å². The summed E-state index contributed by atoms with van der Waals surface area (Å²) in [6.07, 6.45) is 27.8. The molecule has 3 heteroatoms. The smallest absolute Gasteiger partial charge is 0.162 e. The molecule has 1 aliphatic carbocycles. The third kappa shape index (κ3) is 21.6. The second kappa shape index (κ2) is 27.0. The number of hydrogen-bond acceptors (Lipinski definition) is 3. The number of allylic oxidation sites excluding steroid dienone is 5. The number of unbranched alkanes of at least 4 members (excludes halogenated alkanes) is 4. The zero-order chi connectivity index (χ0) is 26.8. The molecule has 0 spiro atoms. The van der Waals surface area contributed by atoms with Crippen LogP contribution in [0.4, 0.5) is 0 Å². The van der Waals surface area contributed by atoms with Crippen LogP contribution < -0.4 is 0 Å². The van der Waals surface area contributed by atoms with E-state index in [1.165, 1.54) is 32.1 Å². The second-order valence-corrected chi connectivity index (χ2v) is 8.62. The molecule has 1 saturated carbocycles. The van der Waals surface area contributed by atoms with Crippen molar-refractivity contribution in [1.29, 1.82) is 0 Å². The molecule has 0 aliphatic heterocycles. The highest BCUT2D eigenvalue weighted by Crippen LogP contribution is 2.32. The number of terminal acetylenes is 1. The van der Waals surface area contributed by atoms with E-state index in [1.54, 1.807) is 20.2 Å². The molecule has 194 valence electrons. The Morgan fingerprint density at radius 2 is 1.44 bits per heavy atom. The number of Topliss-reactive ketones (excluding diaryl/α,β-unsaturated/α-hetero) is 2. The van der Waals surface area contributed by atoms with Crippen LogP contribution in [-0.4, -0.2) is 24.8 Å². The van der Waals surface area contributed by atoms with Crippen LogP contribution in [0.3, 0.4) is 0 Å². The summed E-state index contributed by atoms with van der Waals surface area (Å²) in [4.78, 5) is 27.3. The summed E-state index contributed by atoms with van der Waals surface area (Å²) in [5.74, 6) is 1.18. The predicted octanol–water partition coefficient (Wildman–Crippen LogP) is 8.74. The Balaban J connectivity index is -0.000000610. The molecule has 0 heterocycles. The van der Waals surface area contributed by atoms with Gasteiger partial charge in [-0.2, -0.15) is 0 Å². The van der Waals surface area contributed by atoms with Crippen molar-refractivity contribution in [3.8, 4) is 12.8 Å². The van der Waals surface area contributed by atoms with E-state index in [9.17, 15) is 9.59 Å². The Kier molecular flexibility index (Phi) is 28.9. The normalized spacial score (nSPS) is 17.5. The Hall–Kier alpha value is -2.21. The summed E-state index contributed by atoms with van der Waals surface area (Å²) in [7, 11) is 1.75. The van der Waals surface area contributed by atoms with Gasteiger partial charge in [-0.3, -0.25) is 9.59 Å². The van der Waals surface area contributed by atoms with E-state index in [4.69, 9.17) is 0 Å². The standard InChI is InChI=1S/C19H28O2.C7H16.C3H7N.C2H2/c1-5-14(3)7-10-17(6-2)19(21)13-16-8-11-18(12-9-16)15(4)20;1-3-5-7-6-4-2;1-3-4-2;1-2/h6-7,10,16,18H,3,5,8-9,11-13H2,1-2,4H3;3-7H2,1-2H3;3H,1-2H3;1-2H/b10-7-,17-6+;;;. The fourth-order valence-corrected chi connectivity index (χ4v) is 3.51. The van der Waals surface area contributed by atoms with Crippen molar-refractivity contribution in [3.05, 3.63) is 36.0 Å². The van der Waals surface area contributed by atoms with Crippen molar-refractivity contribution in [3.63, 3.8) is 0 Å². The van der Waals surface area contributed by atoms with E-state index in [0.717, 1.165) is 43.3 Å². The zero-order valence-corrected chi connectivity index (χ0v) is 23.4. The van der Waals surface area contributed by atoms with Crippen LogP contribution in [0, 0.1) is 24.7 Å². The average molecular weight is 472 g/mol. The molecule has 0 unspecified atom stereocenters. The molecular formula is C31H53NO2.